The molecule has 0 spiro atoms. The molecule has 0 fully saturated rings. The summed E-state index contributed by atoms with van der Waals surface area (Å²) in [7, 11) is 0. The molecule has 0 unspecified atom stereocenters. The van der Waals surface area contributed by atoms with Crippen molar-refractivity contribution in [3.8, 4) is 5.75 Å². The number of ether oxygens (including phenoxy) is 1. The fourth-order valence-corrected chi connectivity index (χ4v) is 2.41. The van der Waals surface area contributed by atoms with Crippen molar-refractivity contribution in [2.75, 3.05) is 6.61 Å². The average Bonchev–Trinajstić information content (AvgIpc) is 3.02. The normalized spacial score (nSPS) is 18.9. The van der Waals surface area contributed by atoms with Gasteiger partial charge in [-0.15, -0.1) is 0 Å². The number of hydrogen-bond acceptors (Lipinski definition) is 5. The van der Waals surface area contributed by atoms with Crippen LogP contribution in [-0.2, 0) is 6.54 Å². The van der Waals surface area contributed by atoms with Crippen molar-refractivity contribution in [3.05, 3.63) is 41.5 Å². The van der Waals surface area contributed by atoms with Crippen molar-refractivity contribution in [1.29, 1.82) is 0 Å². The van der Waals surface area contributed by atoms with E-state index in [0.29, 0.717) is 30.2 Å². The molecule has 0 radical (unpaired) electrons. The number of para-hydroxylation sites is 1. The summed E-state index contributed by atoms with van der Waals surface area (Å²) in [6.07, 6.45) is 0. The van der Waals surface area contributed by atoms with Gasteiger partial charge >= 0.3 is 0 Å². The molecule has 1 aliphatic heterocycles. The first-order valence-corrected chi connectivity index (χ1v) is 6.48. The van der Waals surface area contributed by atoms with Crippen molar-refractivity contribution < 1.29 is 9.26 Å². The number of aromatic nitrogens is 2. The van der Waals surface area contributed by atoms with E-state index in [-0.39, 0.29) is 0 Å². The lowest BCUT2D eigenvalue weighted by Crippen LogP contribution is -2.32. The van der Waals surface area contributed by atoms with Gasteiger partial charge in [-0.25, -0.2) is 0 Å². The van der Waals surface area contributed by atoms with Crippen molar-refractivity contribution in [1.82, 2.24) is 15.5 Å². The molecule has 3 rings (SSSR count). The molecule has 0 bridgehead atoms. The van der Waals surface area contributed by atoms with Gasteiger partial charge in [-0.2, -0.15) is 4.98 Å². The van der Waals surface area contributed by atoms with Crippen LogP contribution < -0.4 is 10.1 Å². The van der Waals surface area contributed by atoms with E-state index in [4.69, 9.17) is 9.26 Å². The Hall–Kier alpha value is -1.88. The molecule has 100 valence electrons. The smallest absolute Gasteiger partial charge is 0.223 e. The summed E-state index contributed by atoms with van der Waals surface area (Å²) in [4.78, 5) is 4.18. The van der Waals surface area contributed by atoms with Crippen LogP contribution in [0.2, 0.25) is 0 Å². The minimum atomic E-state index is 0.294. The number of nitrogens with zero attached hydrogens (tertiary/aromatic N) is 2. The quantitative estimate of drug-likeness (QED) is 0.910. The summed E-state index contributed by atoms with van der Waals surface area (Å²) in [5, 5.41) is 7.31. The van der Waals surface area contributed by atoms with E-state index in [9.17, 15) is 0 Å². The Morgan fingerprint density at radius 3 is 3.05 bits per heavy atom. The van der Waals surface area contributed by atoms with Gasteiger partial charge in [0.25, 0.3) is 0 Å². The molecule has 2 aromatic rings. The van der Waals surface area contributed by atoms with Crippen molar-refractivity contribution >= 4 is 0 Å². The highest BCUT2D eigenvalue weighted by Crippen LogP contribution is 2.35. The third-order valence-corrected chi connectivity index (χ3v) is 3.49. The molecule has 1 N–H and O–H groups in total. The zero-order valence-corrected chi connectivity index (χ0v) is 11.1. The van der Waals surface area contributed by atoms with Gasteiger partial charge in [0, 0.05) is 24.4 Å². The molecule has 2 heterocycles. The highest BCUT2D eigenvalue weighted by Gasteiger charge is 2.28. The fraction of sp³-hybridized carbons (Fsp3) is 0.429. The van der Waals surface area contributed by atoms with Crippen LogP contribution in [0.15, 0.2) is 28.8 Å². The molecule has 5 heteroatoms. The SMILES string of the molecule is Cc1nc(CN[C@@H](C)[C@H]2COc3ccccc32)no1. The van der Waals surface area contributed by atoms with E-state index in [1.807, 2.05) is 12.1 Å². The zero-order chi connectivity index (χ0) is 13.2. The fourth-order valence-electron chi connectivity index (χ4n) is 2.41. The van der Waals surface area contributed by atoms with E-state index in [2.05, 4.69) is 34.5 Å². The first-order valence-electron chi connectivity index (χ1n) is 6.48. The molecule has 1 aliphatic rings. The second kappa shape index (κ2) is 5.01. The third kappa shape index (κ3) is 2.46. The summed E-state index contributed by atoms with van der Waals surface area (Å²) in [6, 6.07) is 8.49. The summed E-state index contributed by atoms with van der Waals surface area (Å²) in [6.45, 7) is 5.28. The minimum absolute atomic E-state index is 0.294. The molecular weight excluding hydrogens is 242 g/mol. The first-order chi connectivity index (χ1) is 9.24. The monoisotopic (exact) mass is 259 g/mol. The number of aryl methyl sites for hydroxylation is 1. The number of fused-ring (bicyclic) bond motifs is 1. The van der Waals surface area contributed by atoms with Gasteiger partial charge < -0.3 is 14.6 Å². The molecule has 0 amide bonds. The van der Waals surface area contributed by atoms with Gasteiger partial charge in [0.2, 0.25) is 5.89 Å². The number of nitrogens with one attached hydrogen (secondary N) is 1. The molecular formula is C14H17N3O2. The lowest BCUT2D eigenvalue weighted by molar-refractivity contribution is 0.302. The Morgan fingerprint density at radius 1 is 1.42 bits per heavy atom. The van der Waals surface area contributed by atoms with E-state index in [0.717, 1.165) is 12.4 Å². The van der Waals surface area contributed by atoms with Crippen LogP contribution >= 0.6 is 0 Å². The molecule has 1 aromatic heterocycles. The van der Waals surface area contributed by atoms with Crippen LogP contribution in [0.25, 0.3) is 0 Å². The van der Waals surface area contributed by atoms with Crippen LogP contribution in [0, 0.1) is 6.92 Å². The predicted octanol–water partition coefficient (Wildman–Crippen LogP) is 2.03. The van der Waals surface area contributed by atoms with Gasteiger partial charge in [-0.05, 0) is 13.0 Å². The zero-order valence-electron chi connectivity index (χ0n) is 11.1. The van der Waals surface area contributed by atoms with Gasteiger partial charge in [-0.3, -0.25) is 0 Å². The van der Waals surface area contributed by atoms with E-state index in [1.54, 1.807) is 6.92 Å². The maximum atomic E-state index is 5.70. The Labute approximate surface area is 112 Å². The number of rotatable bonds is 4. The molecule has 0 saturated heterocycles. The Kier molecular flexibility index (Phi) is 3.21. The molecule has 0 saturated carbocycles. The van der Waals surface area contributed by atoms with Crippen molar-refractivity contribution in [3.63, 3.8) is 0 Å². The van der Waals surface area contributed by atoms with Gasteiger partial charge in [0.15, 0.2) is 5.82 Å². The minimum Gasteiger partial charge on any atom is -0.493 e. The molecule has 0 aliphatic carbocycles. The molecule has 5 nitrogen and oxygen atoms in total. The van der Waals surface area contributed by atoms with E-state index in [1.165, 1.54) is 5.56 Å². The predicted molar refractivity (Wildman–Crippen MR) is 70.0 cm³/mol. The Bertz CT molecular complexity index is 567. The summed E-state index contributed by atoms with van der Waals surface area (Å²) in [5.74, 6) is 2.65. The van der Waals surface area contributed by atoms with Gasteiger partial charge in [0.05, 0.1) is 13.2 Å². The largest absolute Gasteiger partial charge is 0.493 e. The lowest BCUT2D eigenvalue weighted by atomic mass is 9.94. The van der Waals surface area contributed by atoms with E-state index >= 15 is 0 Å². The maximum absolute atomic E-state index is 5.70. The highest BCUT2D eigenvalue weighted by atomic mass is 16.5. The number of hydrogen-bond donors (Lipinski definition) is 1. The topological polar surface area (TPSA) is 60.2 Å². The van der Waals surface area contributed by atoms with Crippen molar-refractivity contribution in [2.45, 2.75) is 32.4 Å². The maximum Gasteiger partial charge on any atom is 0.223 e. The standard InChI is InChI=1S/C14H17N3O2/c1-9(15-7-14-16-10(2)19-17-14)12-8-18-13-6-4-3-5-11(12)13/h3-6,9,12,15H,7-8H2,1-2H3/t9-,12+/m0/s1. The van der Waals surface area contributed by atoms with E-state index < -0.39 is 0 Å². The van der Waals surface area contributed by atoms with Gasteiger partial charge in [-0.1, -0.05) is 23.4 Å². The average molecular weight is 259 g/mol. The Morgan fingerprint density at radius 2 is 2.26 bits per heavy atom. The van der Waals surface area contributed by atoms with Crippen LogP contribution in [0.5, 0.6) is 5.75 Å². The third-order valence-electron chi connectivity index (χ3n) is 3.49. The molecule has 19 heavy (non-hydrogen) atoms. The van der Waals surface area contributed by atoms with Crippen LogP contribution in [-0.4, -0.2) is 22.8 Å². The summed E-state index contributed by atoms with van der Waals surface area (Å²) >= 11 is 0. The molecule has 2 atom stereocenters. The Balaban J connectivity index is 1.64. The molecule has 1 aromatic carbocycles. The van der Waals surface area contributed by atoms with Crippen LogP contribution in [0.4, 0.5) is 0 Å². The van der Waals surface area contributed by atoms with Crippen LogP contribution in [0.1, 0.15) is 30.1 Å². The second-order valence-corrected chi connectivity index (χ2v) is 4.85. The highest BCUT2D eigenvalue weighted by molar-refractivity contribution is 5.40. The number of benzene rings is 1. The summed E-state index contributed by atoms with van der Waals surface area (Å²) < 4.78 is 10.7. The van der Waals surface area contributed by atoms with Gasteiger partial charge in [0.1, 0.15) is 5.75 Å². The van der Waals surface area contributed by atoms with Crippen LogP contribution in [0.3, 0.4) is 0 Å². The summed E-state index contributed by atoms with van der Waals surface area (Å²) in [5.41, 5.74) is 1.27. The lowest BCUT2D eigenvalue weighted by Gasteiger charge is -2.18. The first kappa shape index (κ1) is 12.2. The van der Waals surface area contributed by atoms with Crippen molar-refractivity contribution in [2.24, 2.45) is 0 Å². The second-order valence-electron chi connectivity index (χ2n) is 4.85.